The predicted octanol–water partition coefficient (Wildman–Crippen LogP) is -1.70. The van der Waals surface area contributed by atoms with Crippen molar-refractivity contribution < 1.29 is 14.3 Å². The van der Waals surface area contributed by atoms with Crippen molar-refractivity contribution in [1.29, 1.82) is 0 Å². The smallest absolute Gasteiger partial charge is 0.239 e. The number of likely N-dealkylation sites (N-methyl/N-ethyl adjacent to an activating group) is 1. The molecule has 2 amide bonds. The first-order chi connectivity index (χ1) is 9.69. The van der Waals surface area contributed by atoms with Gasteiger partial charge in [0, 0.05) is 32.7 Å². The van der Waals surface area contributed by atoms with Gasteiger partial charge in [0.25, 0.3) is 0 Å². The summed E-state index contributed by atoms with van der Waals surface area (Å²) in [5.41, 5.74) is 0. The quantitative estimate of drug-likeness (QED) is 0.573. The van der Waals surface area contributed by atoms with Crippen LogP contribution >= 0.6 is 0 Å². The van der Waals surface area contributed by atoms with E-state index in [0.717, 1.165) is 32.5 Å². The third-order valence-corrected chi connectivity index (χ3v) is 3.82. The van der Waals surface area contributed by atoms with Crippen molar-refractivity contribution in [1.82, 2.24) is 20.9 Å². The lowest BCUT2D eigenvalue weighted by molar-refractivity contribution is -0.127. The Balaban J connectivity index is 1.68. The molecule has 114 valence electrons. The number of ether oxygens (including phenoxy) is 1. The molecule has 0 spiro atoms. The number of morpholine rings is 1. The fourth-order valence-corrected chi connectivity index (χ4v) is 2.55. The summed E-state index contributed by atoms with van der Waals surface area (Å²) in [6, 6.07) is -0.0280. The molecule has 1 atom stereocenters. The third kappa shape index (κ3) is 4.43. The van der Waals surface area contributed by atoms with Gasteiger partial charge in [0.1, 0.15) is 6.04 Å². The van der Waals surface area contributed by atoms with E-state index in [0.29, 0.717) is 19.8 Å². The van der Waals surface area contributed by atoms with Crippen LogP contribution in [0.25, 0.3) is 0 Å². The van der Waals surface area contributed by atoms with Crippen LogP contribution in [0, 0.1) is 0 Å². The molecule has 0 radical (unpaired) electrons. The van der Waals surface area contributed by atoms with Gasteiger partial charge < -0.3 is 20.7 Å². The van der Waals surface area contributed by atoms with Crippen LogP contribution in [0.3, 0.4) is 0 Å². The SMILES string of the molecule is CNC(=O)CN1CCC(NC(=O)C2COCCN2)CC1. The van der Waals surface area contributed by atoms with Crippen LogP contribution in [0.2, 0.25) is 0 Å². The number of hydrogen-bond acceptors (Lipinski definition) is 5. The lowest BCUT2D eigenvalue weighted by Gasteiger charge is -2.33. The molecule has 20 heavy (non-hydrogen) atoms. The van der Waals surface area contributed by atoms with Gasteiger partial charge in [0.05, 0.1) is 19.8 Å². The fraction of sp³-hybridized carbons (Fsp3) is 0.846. The number of nitrogens with one attached hydrogen (secondary N) is 3. The molecule has 0 saturated carbocycles. The zero-order valence-electron chi connectivity index (χ0n) is 12.0. The second kappa shape index (κ2) is 7.56. The first kappa shape index (κ1) is 15.2. The molecule has 7 nitrogen and oxygen atoms in total. The van der Waals surface area contributed by atoms with Crippen LogP contribution < -0.4 is 16.0 Å². The van der Waals surface area contributed by atoms with E-state index in [2.05, 4.69) is 20.9 Å². The normalized spacial score (nSPS) is 25.1. The number of piperidine rings is 1. The number of rotatable bonds is 4. The Kier molecular flexibility index (Phi) is 5.75. The molecule has 0 bridgehead atoms. The summed E-state index contributed by atoms with van der Waals surface area (Å²) >= 11 is 0. The maximum absolute atomic E-state index is 12.0. The van der Waals surface area contributed by atoms with Crippen LogP contribution in [0.4, 0.5) is 0 Å². The molecule has 3 N–H and O–H groups in total. The van der Waals surface area contributed by atoms with Crippen molar-refractivity contribution in [2.24, 2.45) is 0 Å². The van der Waals surface area contributed by atoms with Gasteiger partial charge in [-0.05, 0) is 12.8 Å². The van der Waals surface area contributed by atoms with Crippen molar-refractivity contribution in [3.8, 4) is 0 Å². The minimum atomic E-state index is -0.229. The van der Waals surface area contributed by atoms with Gasteiger partial charge in [-0.3, -0.25) is 14.5 Å². The van der Waals surface area contributed by atoms with Crippen molar-refractivity contribution in [3.63, 3.8) is 0 Å². The number of likely N-dealkylation sites (tertiary alicyclic amines) is 1. The maximum atomic E-state index is 12.0. The van der Waals surface area contributed by atoms with E-state index in [4.69, 9.17) is 4.74 Å². The van der Waals surface area contributed by atoms with Crippen LogP contribution in [0.1, 0.15) is 12.8 Å². The molecular weight excluding hydrogens is 260 g/mol. The van der Waals surface area contributed by atoms with Crippen LogP contribution in [0.5, 0.6) is 0 Å². The highest BCUT2D eigenvalue weighted by Crippen LogP contribution is 2.10. The van der Waals surface area contributed by atoms with Gasteiger partial charge in [-0.25, -0.2) is 0 Å². The lowest BCUT2D eigenvalue weighted by atomic mass is 10.0. The van der Waals surface area contributed by atoms with Crippen LogP contribution in [-0.2, 0) is 14.3 Å². The molecule has 2 saturated heterocycles. The van der Waals surface area contributed by atoms with E-state index in [9.17, 15) is 9.59 Å². The first-order valence-electron chi connectivity index (χ1n) is 7.23. The fourth-order valence-electron chi connectivity index (χ4n) is 2.55. The van der Waals surface area contributed by atoms with Crippen LogP contribution in [0.15, 0.2) is 0 Å². The molecule has 7 heteroatoms. The van der Waals surface area contributed by atoms with Gasteiger partial charge in [0.2, 0.25) is 11.8 Å². The van der Waals surface area contributed by atoms with E-state index in [-0.39, 0.29) is 23.9 Å². The first-order valence-corrected chi connectivity index (χ1v) is 7.23. The van der Waals surface area contributed by atoms with E-state index < -0.39 is 0 Å². The van der Waals surface area contributed by atoms with Crippen molar-refractivity contribution in [3.05, 3.63) is 0 Å². The number of amides is 2. The standard InChI is InChI=1S/C13H24N4O3/c1-14-12(18)8-17-5-2-10(3-6-17)16-13(19)11-9-20-7-4-15-11/h10-11,15H,2-9H2,1H3,(H,14,18)(H,16,19). The molecule has 0 aromatic carbocycles. The largest absolute Gasteiger partial charge is 0.378 e. The topological polar surface area (TPSA) is 82.7 Å². The summed E-state index contributed by atoms with van der Waals surface area (Å²) in [6.07, 6.45) is 1.77. The Hall–Kier alpha value is -1.18. The predicted molar refractivity (Wildman–Crippen MR) is 74.3 cm³/mol. The van der Waals surface area contributed by atoms with Gasteiger partial charge in [-0.1, -0.05) is 0 Å². The molecule has 0 aromatic rings. The number of carbonyl (C=O) groups is 2. The Morgan fingerprint density at radius 3 is 2.70 bits per heavy atom. The van der Waals surface area contributed by atoms with Gasteiger partial charge in [-0.15, -0.1) is 0 Å². The van der Waals surface area contributed by atoms with Crippen molar-refractivity contribution in [2.75, 3.05) is 46.4 Å². The zero-order valence-corrected chi connectivity index (χ0v) is 12.0. The minimum Gasteiger partial charge on any atom is -0.378 e. The third-order valence-electron chi connectivity index (χ3n) is 3.82. The van der Waals surface area contributed by atoms with Gasteiger partial charge in [0.15, 0.2) is 0 Å². The molecule has 2 fully saturated rings. The van der Waals surface area contributed by atoms with Crippen molar-refractivity contribution in [2.45, 2.75) is 24.9 Å². The summed E-state index contributed by atoms with van der Waals surface area (Å²) in [6.45, 7) is 3.96. The van der Waals surface area contributed by atoms with E-state index in [1.807, 2.05) is 0 Å². The van der Waals surface area contributed by atoms with E-state index >= 15 is 0 Å². The molecule has 2 aliphatic heterocycles. The molecule has 0 aromatic heterocycles. The Labute approximate surface area is 119 Å². The second-order valence-electron chi connectivity index (χ2n) is 5.31. The zero-order chi connectivity index (χ0) is 14.4. The number of hydrogen-bond donors (Lipinski definition) is 3. The summed E-state index contributed by atoms with van der Waals surface area (Å²) in [5.74, 6) is 0.0606. The maximum Gasteiger partial charge on any atom is 0.239 e. The van der Waals surface area contributed by atoms with E-state index in [1.165, 1.54) is 0 Å². The highest BCUT2D eigenvalue weighted by atomic mass is 16.5. The summed E-state index contributed by atoms with van der Waals surface area (Å²) in [5, 5.41) is 8.84. The molecule has 2 rings (SSSR count). The highest BCUT2D eigenvalue weighted by Gasteiger charge is 2.26. The number of nitrogens with zero attached hydrogens (tertiary/aromatic N) is 1. The molecule has 1 unspecified atom stereocenters. The summed E-state index contributed by atoms with van der Waals surface area (Å²) in [4.78, 5) is 25.5. The Morgan fingerprint density at radius 1 is 1.35 bits per heavy atom. The molecule has 2 heterocycles. The van der Waals surface area contributed by atoms with E-state index in [1.54, 1.807) is 7.05 Å². The van der Waals surface area contributed by atoms with Gasteiger partial charge >= 0.3 is 0 Å². The van der Waals surface area contributed by atoms with Gasteiger partial charge in [-0.2, -0.15) is 0 Å². The molecule has 0 aliphatic carbocycles. The summed E-state index contributed by atoms with van der Waals surface area (Å²) < 4.78 is 5.29. The average molecular weight is 284 g/mol. The number of carbonyl (C=O) groups excluding carboxylic acids is 2. The van der Waals surface area contributed by atoms with Crippen LogP contribution in [-0.4, -0.2) is 75.2 Å². The highest BCUT2D eigenvalue weighted by molar-refractivity contribution is 5.82. The monoisotopic (exact) mass is 284 g/mol. The summed E-state index contributed by atoms with van der Waals surface area (Å²) in [7, 11) is 1.65. The molecule has 2 aliphatic rings. The molecular formula is C13H24N4O3. The lowest BCUT2D eigenvalue weighted by Crippen LogP contribution is -2.55. The Morgan fingerprint density at radius 2 is 2.10 bits per heavy atom. The second-order valence-corrected chi connectivity index (χ2v) is 5.31. The minimum absolute atomic E-state index is 0.0226. The Bertz CT molecular complexity index is 337. The average Bonchev–Trinajstić information content (AvgIpc) is 2.50. The van der Waals surface area contributed by atoms with Crippen molar-refractivity contribution >= 4 is 11.8 Å².